The van der Waals surface area contributed by atoms with Crippen molar-refractivity contribution in [3.8, 4) is 11.3 Å². The van der Waals surface area contributed by atoms with Crippen LogP contribution in [0.4, 0.5) is 5.82 Å². The number of benzene rings is 1. The van der Waals surface area contributed by atoms with E-state index in [9.17, 15) is 0 Å². The Kier molecular flexibility index (Phi) is 2.64. The van der Waals surface area contributed by atoms with Crippen molar-refractivity contribution in [3.05, 3.63) is 34.9 Å². The minimum absolute atomic E-state index is 0.228. The first-order chi connectivity index (χ1) is 7.22. The van der Waals surface area contributed by atoms with Crippen molar-refractivity contribution in [2.45, 2.75) is 13.3 Å². The largest absolute Gasteiger partial charge is 0.380 e. The SMILES string of the molecule is CCc1ccc(-c2onc(N)c2Cl)cc1. The summed E-state index contributed by atoms with van der Waals surface area (Å²) in [6.45, 7) is 2.11. The third kappa shape index (κ3) is 1.83. The van der Waals surface area contributed by atoms with Gasteiger partial charge in [0.25, 0.3) is 0 Å². The number of nitrogens with zero attached hydrogens (tertiary/aromatic N) is 1. The zero-order chi connectivity index (χ0) is 10.8. The lowest BCUT2D eigenvalue weighted by Gasteiger charge is -1.98. The third-order valence-electron chi connectivity index (χ3n) is 2.28. The molecule has 0 atom stereocenters. The smallest absolute Gasteiger partial charge is 0.187 e. The summed E-state index contributed by atoms with van der Waals surface area (Å²) in [6.07, 6.45) is 1.01. The molecule has 0 fully saturated rings. The summed E-state index contributed by atoms with van der Waals surface area (Å²) in [5.74, 6) is 0.753. The van der Waals surface area contributed by atoms with Crippen LogP contribution >= 0.6 is 11.6 Å². The fraction of sp³-hybridized carbons (Fsp3) is 0.182. The summed E-state index contributed by atoms with van der Waals surface area (Å²) < 4.78 is 5.05. The van der Waals surface area contributed by atoms with E-state index in [1.165, 1.54) is 5.56 Å². The zero-order valence-electron chi connectivity index (χ0n) is 8.33. The number of hydrogen-bond donors (Lipinski definition) is 1. The minimum Gasteiger partial charge on any atom is -0.380 e. The summed E-state index contributed by atoms with van der Waals surface area (Å²) in [7, 11) is 0. The molecule has 1 aromatic heterocycles. The van der Waals surface area contributed by atoms with Crippen LogP contribution in [0.2, 0.25) is 5.02 Å². The van der Waals surface area contributed by atoms with Gasteiger partial charge in [-0.15, -0.1) is 0 Å². The van der Waals surface area contributed by atoms with Gasteiger partial charge in [0.1, 0.15) is 5.02 Å². The second-order valence-electron chi connectivity index (χ2n) is 3.26. The third-order valence-corrected chi connectivity index (χ3v) is 2.65. The number of hydrogen-bond acceptors (Lipinski definition) is 3. The Labute approximate surface area is 92.8 Å². The maximum absolute atomic E-state index is 5.94. The molecule has 2 N–H and O–H groups in total. The van der Waals surface area contributed by atoms with Gasteiger partial charge in [0.05, 0.1) is 0 Å². The van der Waals surface area contributed by atoms with Crippen molar-refractivity contribution in [1.29, 1.82) is 0 Å². The quantitative estimate of drug-likeness (QED) is 0.849. The van der Waals surface area contributed by atoms with E-state index in [1.807, 2.05) is 24.3 Å². The molecule has 15 heavy (non-hydrogen) atoms. The number of halogens is 1. The van der Waals surface area contributed by atoms with Gasteiger partial charge in [0, 0.05) is 5.56 Å². The van der Waals surface area contributed by atoms with Crippen LogP contribution in [0.1, 0.15) is 12.5 Å². The first kappa shape index (κ1) is 10.1. The molecule has 0 saturated heterocycles. The summed E-state index contributed by atoms with van der Waals surface area (Å²) in [4.78, 5) is 0. The highest BCUT2D eigenvalue weighted by Gasteiger charge is 2.12. The molecule has 0 saturated carbocycles. The lowest BCUT2D eigenvalue weighted by atomic mass is 10.1. The number of aryl methyl sites for hydroxylation is 1. The van der Waals surface area contributed by atoms with Crippen molar-refractivity contribution in [1.82, 2.24) is 5.16 Å². The molecule has 0 aliphatic heterocycles. The fourth-order valence-corrected chi connectivity index (χ4v) is 1.54. The second-order valence-corrected chi connectivity index (χ2v) is 3.64. The van der Waals surface area contributed by atoms with E-state index in [1.54, 1.807) is 0 Å². The first-order valence-corrected chi connectivity index (χ1v) is 5.10. The Balaban J connectivity index is 2.41. The van der Waals surface area contributed by atoms with Gasteiger partial charge < -0.3 is 10.3 Å². The van der Waals surface area contributed by atoms with Gasteiger partial charge in [-0.3, -0.25) is 0 Å². The van der Waals surface area contributed by atoms with E-state index in [4.69, 9.17) is 21.9 Å². The van der Waals surface area contributed by atoms with E-state index in [0.29, 0.717) is 10.8 Å². The van der Waals surface area contributed by atoms with Crippen LogP contribution in [0.15, 0.2) is 28.8 Å². The lowest BCUT2D eigenvalue weighted by molar-refractivity contribution is 0.436. The molecule has 0 spiro atoms. The van der Waals surface area contributed by atoms with Crippen LogP contribution in [0.25, 0.3) is 11.3 Å². The molecule has 78 valence electrons. The molecule has 1 aromatic carbocycles. The predicted octanol–water partition coefficient (Wildman–Crippen LogP) is 3.14. The molecular formula is C11H11ClN2O. The molecule has 0 aliphatic carbocycles. The van der Waals surface area contributed by atoms with Crippen LogP contribution < -0.4 is 5.73 Å². The normalized spacial score (nSPS) is 10.5. The molecule has 3 nitrogen and oxygen atoms in total. The second kappa shape index (κ2) is 3.95. The first-order valence-electron chi connectivity index (χ1n) is 4.72. The Morgan fingerprint density at radius 1 is 1.33 bits per heavy atom. The van der Waals surface area contributed by atoms with Crippen molar-refractivity contribution in [3.63, 3.8) is 0 Å². The standard InChI is InChI=1S/C11H11ClN2O/c1-2-7-3-5-8(6-4-7)10-9(12)11(13)14-15-10/h3-6H,2H2,1H3,(H2,13,14). The van der Waals surface area contributed by atoms with Gasteiger partial charge in [-0.05, 0) is 12.0 Å². The average molecular weight is 223 g/mol. The molecule has 0 bridgehead atoms. The van der Waals surface area contributed by atoms with Crippen LogP contribution in [0, 0.1) is 0 Å². The lowest BCUT2D eigenvalue weighted by Crippen LogP contribution is -1.83. The number of nitrogen functional groups attached to an aromatic ring is 1. The Bertz CT molecular complexity index is 462. The monoisotopic (exact) mass is 222 g/mol. The van der Waals surface area contributed by atoms with Crippen molar-refractivity contribution < 1.29 is 4.52 Å². The fourth-order valence-electron chi connectivity index (χ4n) is 1.36. The highest BCUT2D eigenvalue weighted by atomic mass is 35.5. The molecule has 0 unspecified atom stereocenters. The van der Waals surface area contributed by atoms with Gasteiger partial charge in [-0.1, -0.05) is 47.9 Å². The molecule has 0 aliphatic rings. The van der Waals surface area contributed by atoms with E-state index in [2.05, 4.69) is 12.1 Å². The summed E-state index contributed by atoms with van der Waals surface area (Å²) in [6, 6.07) is 7.96. The maximum atomic E-state index is 5.94. The van der Waals surface area contributed by atoms with Crippen molar-refractivity contribution in [2.24, 2.45) is 0 Å². The van der Waals surface area contributed by atoms with E-state index in [0.717, 1.165) is 12.0 Å². The Morgan fingerprint density at radius 2 is 2.00 bits per heavy atom. The topological polar surface area (TPSA) is 52.0 Å². The number of aromatic nitrogens is 1. The van der Waals surface area contributed by atoms with E-state index < -0.39 is 0 Å². The molecule has 2 rings (SSSR count). The van der Waals surface area contributed by atoms with Crippen LogP contribution in [0.3, 0.4) is 0 Å². The number of rotatable bonds is 2. The Hall–Kier alpha value is -1.48. The highest BCUT2D eigenvalue weighted by molar-refractivity contribution is 6.35. The summed E-state index contributed by atoms with van der Waals surface area (Å²) in [5.41, 5.74) is 7.65. The van der Waals surface area contributed by atoms with Crippen molar-refractivity contribution >= 4 is 17.4 Å². The average Bonchev–Trinajstić information content (AvgIpc) is 2.60. The Morgan fingerprint density at radius 3 is 2.47 bits per heavy atom. The molecule has 1 heterocycles. The molecular weight excluding hydrogens is 212 g/mol. The van der Waals surface area contributed by atoms with Gasteiger partial charge in [0.15, 0.2) is 11.6 Å². The molecule has 4 heteroatoms. The zero-order valence-corrected chi connectivity index (χ0v) is 9.08. The highest BCUT2D eigenvalue weighted by Crippen LogP contribution is 2.31. The summed E-state index contributed by atoms with van der Waals surface area (Å²) >= 11 is 5.94. The van der Waals surface area contributed by atoms with Gasteiger partial charge in [-0.2, -0.15) is 0 Å². The van der Waals surface area contributed by atoms with Crippen LogP contribution in [0.5, 0.6) is 0 Å². The number of nitrogens with two attached hydrogens (primary N) is 1. The van der Waals surface area contributed by atoms with E-state index >= 15 is 0 Å². The number of anilines is 1. The van der Waals surface area contributed by atoms with Gasteiger partial charge in [-0.25, -0.2) is 0 Å². The molecule has 0 radical (unpaired) electrons. The van der Waals surface area contributed by atoms with Crippen LogP contribution in [-0.4, -0.2) is 5.16 Å². The predicted molar refractivity (Wildman–Crippen MR) is 60.7 cm³/mol. The van der Waals surface area contributed by atoms with E-state index in [-0.39, 0.29) is 5.82 Å². The van der Waals surface area contributed by atoms with Crippen LogP contribution in [-0.2, 0) is 6.42 Å². The summed E-state index contributed by atoms with van der Waals surface area (Å²) in [5, 5.41) is 3.98. The van der Waals surface area contributed by atoms with Gasteiger partial charge >= 0.3 is 0 Å². The van der Waals surface area contributed by atoms with Crippen molar-refractivity contribution in [2.75, 3.05) is 5.73 Å². The van der Waals surface area contributed by atoms with Gasteiger partial charge in [0.2, 0.25) is 0 Å². The maximum Gasteiger partial charge on any atom is 0.187 e. The minimum atomic E-state index is 0.228. The molecule has 2 aromatic rings. The molecule has 0 amide bonds.